The average molecular weight is 342 g/mol. The van der Waals surface area contributed by atoms with Gasteiger partial charge in [-0.25, -0.2) is 4.39 Å². The van der Waals surface area contributed by atoms with Crippen LogP contribution in [-0.2, 0) is 0 Å². The normalized spacial score (nSPS) is 12.7. The fourth-order valence-electron chi connectivity index (χ4n) is 2.20. The molecular weight excluding hydrogens is 325 g/mol. The Balaban J connectivity index is 2.48. The number of rotatable bonds is 4. The molecule has 1 nitrogen and oxygen atoms in total. The first kappa shape index (κ1) is 14.7. The highest BCUT2D eigenvalue weighted by Gasteiger charge is 2.20. The standard InChI is InChI=1S/C15H17BrFNS/c1-4-18-15(12-8-14(16)19-10(12)3)11-6-5-9(2)7-13(11)17/h5-8,15,18H,4H2,1-3H3. The van der Waals surface area contributed by atoms with Crippen molar-refractivity contribution < 1.29 is 4.39 Å². The number of aryl methyl sites for hydroxylation is 2. The Kier molecular flexibility index (Phi) is 4.76. The Hall–Kier alpha value is -0.710. The van der Waals surface area contributed by atoms with Crippen molar-refractivity contribution in [1.82, 2.24) is 5.32 Å². The second-order valence-electron chi connectivity index (χ2n) is 4.58. The number of hydrogen-bond acceptors (Lipinski definition) is 2. The molecule has 1 aromatic heterocycles. The molecule has 1 unspecified atom stereocenters. The maximum absolute atomic E-state index is 14.2. The van der Waals surface area contributed by atoms with E-state index < -0.39 is 0 Å². The van der Waals surface area contributed by atoms with Crippen LogP contribution in [0.25, 0.3) is 0 Å². The lowest BCUT2D eigenvalue weighted by Gasteiger charge is -2.19. The molecule has 19 heavy (non-hydrogen) atoms. The minimum atomic E-state index is -0.146. The van der Waals surface area contributed by atoms with Gasteiger partial charge in [0.05, 0.1) is 9.83 Å². The maximum atomic E-state index is 14.2. The van der Waals surface area contributed by atoms with Crippen molar-refractivity contribution in [2.24, 2.45) is 0 Å². The van der Waals surface area contributed by atoms with Crippen molar-refractivity contribution in [3.05, 3.63) is 55.4 Å². The number of hydrogen-bond donors (Lipinski definition) is 1. The molecule has 2 aromatic rings. The van der Waals surface area contributed by atoms with Gasteiger partial charge >= 0.3 is 0 Å². The van der Waals surface area contributed by atoms with E-state index in [0.717, 1.165) is 21.5 Å². The summed E-state index contributed by atoms with van der Waals surface area (Å²) in [4.78, 5) is 1.21. The van der Waals surface area contributed by atoms with E-state index in [2.05, 4.69) is 34.2 Å². The maximum Gasteiger partial charge on any atom is 0.128 e. The third-order valence-electron chi connectivity index (χ3n) is 3.11. The van der Waals surface area contributed by atoms with E-state index in [-0.39, 0.29) is 11.9 Å². The number of benzene rings is 1. The number of halogens is 2. The van der Waals surface area contributed by atoms with Crippen molar-refractivity contribution in [3.63, 3.8) is 0 Å². The molecule has 0 saturated heterocycles. The van der Waals surface area contributed by atoms with E-state index in [4.69, 9.17) is 0 Å². The van der Waals surface area contributed by atoms with Crippen LogP contribution in [-0.4, -0.2) is 6.54 Å². The van der Waals surface area contributed by atoms with Crippen LogP contribution in [0.3, 0.4) is 0 Å². The SMILES string of the molecule is CCNC(c1ccc(C)cc1F)c1cc(Br)sc1C. The highest BCUT2D eigenvalue weighted by atomic mass is 79.9. The van der Waals surface area contributed by atoms with Gasteiger partial charge in [-0.2, -0.15) is 0 Å². The van der Waals surface area contributed by atoms with Crippen LogP contribution in [0.5, 0.6) is 0 Å². The summed E-state index contributed by atoms with van der Waals surface area (Å²) < 4.78 is 15.3. The fraction of sp³-hybridized carbons (Fsp3) is 0.333. The zero-order chi connectivity index (χ0) is 14.0. The first-order chi connectivity index (χ1) is 9.02. The largest absolute Gasteiger partial charge is 0.306 e. The van der Waals surface area contributed by atoms with Crippen molar-refractivity contribution in [2.75, 3.05) is 6.54 Å². The number of nitrogens with one attached hydrogen (secondary N) is 1. The van der Waals surface area contributed by atoms with E-state index in [1.807, 2.05) is 26.0 Å². The van der Waals surface area contributed by atoms with E-state index in [9.17, 15) is 4.39 Å². The molecule has 1 atom stereocenters. The van der Waals surface area contributed by atoms with Gasteiger partial charge in [0.25, 0.3) is 0 Å². The molecule has 0 spiro atoms. The summed E-state index contributed by atoms with van der Waals surface area (Å²) >= 11 is 5.18. The van der Waals surface area contributed by atoms with Crippen molar-refractivity contribution >= 4 is 27.3 Å². The molecule has 0 aliphatic rings. The molecule has 4 heteroatoms. The average Bonchev–Trinajstić information content (AvgIpc) is 2.66. The quantitative estimate of drug-likeness (QED) is 0.828. The predicted molar refractivity (Wildman–Crippen MR) is 83.4 cm³/mol. The molecule has 0 fully saturated rings. The molecule has 0 radical (unpaired) electrons. The third-order valence-corrected chi connectivity index (χ3v) is 4.68. The van der Waals surface area contributed by atoms with Crippen LogP contribution in [0.1, 0.15) is 34.5 Å². The van der Waals surface area contributed by atoms with Gasteiger partial charge in [-0.3, -0.25) is 0 Å². The number of thiophene rings is 1. The van der Waals surface area contributed by atoms with Gasteiger partial charge in [-0.05, 0) is 59.6 Å². The summed E-state index contributed by atoms with van der Waals surface area (Å²) in [5.41, 5.74) is 2.79. The van der Waals surface area contributed by atoms with Crippen LogP contribution in [0.15, 0.2) is 28.1 Å². The minimum Gasteiger partial charge on any atom is -0.306 e. The summed E-state index contributed by atoms with van der Waals surface area (Å²) in [6, 6.07) is 7.42. The Morgan fingerprint density at radius 3 is 2.53 bits per heavy atom. The zero-order valence-electron chi connectivity index (χ0n) is 11.3. The minimum absolute atomic E-state index is 0.0897. The lowest BCUT2D eigenvalue weighted by Crippen LogP contribution is -2.23. The van der Waals surface area contributed by atoms with Crippen LogP contribution >= 0.6 is 27.3 Å². The lowest BCUT2D eigenvalue weighted by atomic mass is 9.98. The first-order valence-electron chi connectivity index (χ1n) is 6.28. The predicted octanol–water partition coefficient (Wildman–Crippen LogP) is 4.97. The monoisotopic (exact) mass is 341 g/mol. The molecule has 1 heterocycles. The Morgan fingerprint density at radius 1 is 1.26 bits per heavy atom. The van der Waals surface area contributed by atoms with Gasteiger partial charge in [-0.1, -0.05) is 19.1 Å². The Labute approximate surface area is 126 Å². The van der Waals surface area contributed by atoms with Gasteiger partial charge in [0.1, 0.15) is 5.82 Å². The molecule has 0 saturated carbocycles. The van der Waals surface area contributed by atoms with Gasteiger partial charge in [0.15, 0.2) is 0 Å². The van der Waals surface area contributed by atoms with Crippen LogP contribution in [0.2, 0.25) is 0 Å². The van der Waals surface area contributed by atoms with E-state index in [1.54, 1.807) is 17.4 Å². The summed E-state index contributed by atoms with van der Waals surface area (Å²) in [5.74, 6) is -0.146. The van der Waals surface area contributed by atoms with Crippen molar-refractivity contribution in [1.29, 1.82) is 0 Å². The van der Waals surface area contributed by atoms with Gasteiger partial charge in [-0.15, -0.1) is 11.3 Å². The van der Waals surface area contributed by atoms with E-state index >= 15 is 0 Å². The van der Waals surface area contributed by atoms with E-state index in [1.165, 1.54) is 4.88 Å². The molecule has 0 bridgehead atoms. The molecule has 1 N–H and O–H groups in total. The van der Waals surface area contributed by atoms with Gasteiger partial charge < -0.3 is 5.32 Å². The highest BCUT2D eigenvalue weighted by Crippen LogP contribution is 2.34. The second kappa shape index (κ2) is 6.16. The van der Waals surface area contributed by atoms with Crippen LogP contribution < -0.4 is 5.32 Å². The summed E-state index contributed by atoms with van der Waals surface area (Å²) in [7, 11) is 0. The Morgan fingerprint density at radius 2 is 2.00 bits per heavy atom. The molecule has 102 valence electrons. The second-order valence-corrected chi connectivity index (χ2v) is 7.21. The smallest absolute Gasteiger partial charge is 0.128 e. The Bertz CT molecular complexity index is 580. The van der Waals surface area contributed by atoms with Crippen LogP contribution in [0.4, 0.5) is 4.39 Å². The van der Waals surface area contributed by atoms with Gasteiger partial charge in [0, 0.05) is 10.4 Å². The molecule has 2 rings (SSSR count). The van der Waals surface area contributed by atoms with Crippen LogP contribution in [0, 0.1) is 19.7 Å². The molecule has 0 amide bonds. The highest BCUT2D eigenvalue weighted by molar-refractivity contribution is 9.11. The molecule has 0 aliphatic carbocycles. The first-order valence-corrected chi connectivity index (χ1v) is 7.89. The molecule has 1 aromatic carbocycles. The third kappa shape index (κ3) is 3.25. The van der Waals surface area contributed by atoms with Gasteiger partial charge in [0.2, 0.25) is 0 Å². The summed E-state index contributed by atoms with van der Waals surface area (Å²) in [5, 5.41) is 3.38. The summed E-state index contributed by atoms with van der Waals surface area (Å²) in [6.45, 7) is 6.81. The summed E-state index contributed by atoms with van der Waals surface area (Å²) in [6.07, 6.45) is 0. The topological polar surface area (TPSA) is 12.0 Å². The molecule has 0 aliphatic heterocycles. The molecular formula is C15H17BrFNS. The van der Waals surface area contributed by atoms with Crippen molar-refractivity contribution in [3.8, 4) is 0 Å². The van der Waals surface area contributed by atoms with E-state index in [0.29, 0.717) is 5.56 Å². The lowest BCUT2D eigenvalue weighted by molar-refractivity contribution is 0.558. The fourth-order valence-corrected chi connectivity index (χ4v) is 3.95. The van der Waals surface area contributed by atoms with Crippen molar-refractivity contribution in [2.45, 2.75) is 26.8 Å². The zero-order valence-corrected chi connectivity index (χ0v) is 13.7.